The van der Waals surface area contributed by atoms with Crippen LogP contribution in [0.1, 0.15) is 10.4 Å². The van der Waals surface area contributed by atoms with E-state index in [1.54, 1.807) is 11.1 Å². The first kappa shape index (κ1) is 17.5. The number of rotatable bonds is 5. The van der Waals surface area contributed by atoms with E-state index in [0.717, 1.165) is 28.7 Å². The van der Waals surface area contributed by atoms with Gasteiger partial charge in [-0.05, 0) is 37.9 Å². The first-order valence-electron chi connectivity index (χ1n) is 8.09. The van der Waals surface area contributed by atoms with E-state index in [1.807, 2.05) is 57.7 Å². The summed E-state index contributed by atoms with van der Waals surface area (Å²) >= 11 is 6.06. The third-order valence-corrected chi connectivity index (χ3v) is 4.38. The van der Waals surface area contributed by atoms with Crippen LogP contribution >= 0.6 is 11.6 Å². The van der Waals surface area contributed by atoms with Crippen LogP contribution in [0.15, 0.2) is 42.7 Å². The van der Waals surface area contributed by atoms with Gasteiger partial charge in [0.1, 0.15) is 5.65 Å². The molecule has 130 valence electrons. The number of amides is 1. The van der Waals surface area contributed by atoms with Crippen molar-refractivity contribution in [1.82, 2.24) is 19.8 Å². The zero-order chi connectivity index (χ0) is 18.0. The first-order valence-corrected chi connectivity index (χ1v) is 8.47. The summed E-state index contributed by atoms with van der Waals surface area (Å²) in [5, 5.41) is 1.57. The van der Waals surface area contributed by atoms with Gasteiger partial charge in [0.05, 0.1) is 5.02 Å². The normalized spacial score (nSPS) is 11.2. The Bertz CT molecular complexity index is 886. The molecule has 0 aliphatic heterocycles. The van der Waals surface area contributed by atoms with Gasteiger partial charge in [0.2, 0.25) is 0 Å². The summed E-state index contributed by atoms with van der Waals surface area (Å²) in [6.07, 6.45) is 3.53. The number of likely N-dealkylation sites (N-methyl/N-ethyl adjacent to an activating group) is 2. The fraction of sp³-hybridized carbons (Fsp3) is 0.263. The molecule has 0 bridgehead atoms. The lowest BCUT2D eigenvalue weighted by molar-refractivity contribution is 0.0786. The van der Waals surface area contributed by atoms with Crippen molar-refractivity contribution in [2.45, 2.75) is 0 Å². The van der Waals surface area contributed by atoms with Crippen molar-refractivity contribution in [3.63, 3.8) is 0 Å². The number of nitrogens with zero attached hydrogens (tertiary/aromatic N) is 3. The SMILES string of the molecule is CN(C)CCN(C)C(=O)c1ccc(-c2c[nH]c3ncc(Cl)cc23)cc1. The summed E-state index contributed by atoms with van der Waals surface area (Å²) < 4.78 is 0. The Hall–Kier alpha value is -2.37. The summed E-state index contributed by atoms with van der Waals surface area (Å²) in [6, 6.07) is 9.53. The summed E-state index contributed by atoms with van der Waals surface area (Å²) in [6.45, 7) is 1.53. The van der Waals surface area contributed by atoms with Gasteiger partial charge in [0.25, 0.3) is 5.91 Å². The second-order valence-corrected chi connectivity index (χ2v) is 6.80. The quantitative estimate of drug-likeness (QED) is 0.761. The van der Waals surface area contributed by atoms with Crippen molar-refractivity contribution in [2.75, 3.05) is 34.2 Å². The molecule has 0 fully saturated rings. The van der Waals surface area contributed by atoms with Crippen LogP contribution in [0.3, 0.4) is 0 Å². The van der Waals surface area contributed by atoms with Crippen molar-refractivity contribution < 1.29 is 4.79 Å². The van der Waals surface area contributed by atoms with Crippen LogP contribution in [-0.4, -0.2) is 59.9 Å². The minimum atomic E-state index is 0.0250. The van der Waals surface area contributed by atoms with Crippen LogP contribution in [-0.2, 0) is 0 Å². The van der Waals surface area contributed by atoms with E-state index < -0.39 is 0 Å². The lowest BCUT2D eigenvalue weighted by Crippen LogP contribution is -2.33. The van der Waals surface area contributed by atoms with E-state index in [2.05, 4.69) is 14.9 Å². The third-order valence-electron chi connectivity index (χ3n) is 4.17. The summed E-state index contributed by atoms with van der Waals surface area (Å²) in [5.41, 5.74) is 3.51. The Morgan fingerprint density at radius 3 is 2.56 bits per heavy atom. The monoisotopic (exact) mass is 356 g/mol. The molecule has 3 rings (SSSR count). The summed E-state index contributed by atoms with van der Waals surface area (Å²) in [7, 11) is 5.82. The molecule has 0 aliphatic carbocycles. The van der Waals surface area contributed by atoms with E-state index in [-0.39, 0.29) is 5.91 Å². The second kappa shape index (κ2) is 7.25. The second-order valence-electron chi connectivity index (χ2n) is 6.36. The molecule has 5 nitrogen and oxygen atoms in total. The number of carbonyl (C=O) groups excluding carboxylic acids is 1. The Labute approximate surface area is 152 Å². The topological polar surface area (TPSA) is 52.2 Å². The maximum Gasteiger partial charge on any atom is 0.253 e. The van der Waals surface area contributed by atoms with Crippen LogP contribution < -0.4 is 0 Å². The van der Waals surface area contributed by atoms with Gasteiger partial charge in [-0.25, -0.2) is 4.98 Å². The molecule has 1 aromatic carbocycles. The van der Waals surface area contributed by atoms with E-state index in [1.165, 1.54) is 0 Å². The highest BCUT2D eigenvalue weighted by Gasteiger charge is 2.13. The molecule has 2 aromatic heterocycles. The van der Waals surface area contributed by atoms with Crippen LogP contribution in [0.4, 0.5) is 0 Å². The number of carbonyl (C=O) groups is 1. The lowest BCUT2D eigenvalue weighted by atomic mass is 10.0. The number of pyridine rings is 1. The largest absolute Gasteiger partial charge is 0.346 e. The predicted molar refractivity (Wildman–Crippen MR) is 102 cm³/mol. The van der Waals surface area contributed by atoms with Gasteiger partial charge in [0.15, 0.2) is 0 Å². The van der Waals surface area contributed by atoms with Crippen molar-refractivity contribution in [2.24, 2.45) is 0 Å². The number of H-pyrrole nitrogens is 1. The fourth-order valence-corrected chi connectivity index (χ4v) is 2.84. The van der Waals surface area contributed by atoms with Crippen LogP contribution in [0.5, 0.6) is 0 Å². The fourth-order valence-electron chi connectivity index (χ4n) is 2.68. The molecule has 25 heavy (non-hydrogen) atoms. The molecule has 2 heterocycles. The average molecular weight is 357 g/mol. The van der Waals surface area contributed by atoms with Crippen molar-refractivity contribution in [3.05, 3.63) is 53.3 Å². The van der Waals surface area contributed by atoms with Gasteiger partial charge < -0.3 is 14.8 Å². The maximum absolute atomic E-state index is 12.5. The molecule has 0 saturated heterocycles. The van der Waals surface area contributed by atoms with Crippen LogP contribution in [0.2, 0.25) is 5.02 Å². The lowest BCUT2D eigenvalue weighted by Gasteiger charge is -2.19. The van der Waals surface area contributed by atoms with Gasteiger partial charge >= 0.3 is 0 Å². The van der Waals surface area contributed by atoms with E-state index in [9.17, 15) is 4.79 Å². The highest BCUT2D eigenvalue weighted by Crippen LogP contribution is 2.29. The number of hydrogen-bond donors (Lipinski definition) is 1. The number of aromatic amines is 1. The van der Waals surface area contributed by atoms with Crippen LogP contribution in [0.25, 0.3) is 22.2 Å². The predicted octanol–water partition coefficient (Wildman–Crippen LogP) is 3.52. The molecule has 3 aromatic rings. The molecule has 6 heteroatoms. The molecule has 0 spiro atoms. The Kier molecular flexibility index (Phi) is 5.06. The Balaban J connectivity index is 1.82. The van der Waals surface area contributed by atoms with Crippen LogP contribution in [0, 0.1) is 0 Å². The molecular formula is C19H21ClN4O. The Morgan fingerprint density at radius 1 is 1.16 bits per heavy atom. The molecule has 0 atom stereocenters. The smallest absolute Gasteiger partial charge is 0.253 e. The molecule has 0 radical (unpaired) electrons. The van der Waals surface area contributed by atoms with E-state index >= 15 is 0 Å². The van der Waals surface area contributed by atoms with Gasteiger partial charge in [-0.3, -0.25) is 4.79 Å². The van der Waals surface area contributed by atoms with Crippen molar-refractivity contribution >= 4 is 28.5 Å². The highest BCUT2D eigenvalue weighted by atomic mass is 35.5. The molecular weight excluding hydrogens is 336 g/mol. The Morgan fingerprint density at radius 2 is 1.88 bits per heavy atom. The molecule has 0 saturated carbocycles. The summed E-state index contributed by atoms with van der Waals surface area (Å²) in [4.78, 5) is 23.7. The average Bonchev–Trinajstić information content (AvgIpc) is 3.02. The highest BCUT2D eigenvalue weighted by molar-refractivity contribution is 6.31. The first-order chi connectivity index (χ1) is 12.0. The van der Waals surface area contributed by atoms with Gasteiger partial charge in [-0.2, -0.15) is 0 Å². The number of halogens is 1. The van der Waals surface area contributed by atoms with Gasteiger partial charge in [0, 0.05) is 49.0 Å². The van der Waals surface area contributed by atoms with Crippen molar-refractivity contribution in [3.8, 4) is 11.1 Å². The molecule has 1 amide bonds. The minimum absolute atomic E-state index is 0.0250. The van der Waals surface area contributed by atoms with E-state index in [4.69, 9.17) is 11.6 Å². The van der Waals surface area contributed by atoms with Gasteiger partial charge in [-0.15, -0.1) is 0 Å². The van der Waals surface area contributed by atoms with Gasteiger partial charge in [-0.1, -0.05) is 23.7 Å². The van der Waals surface area contributed by atoms with Crippen molar-refractivity contribution in [1.29, 1.82) is 0 Å². The number of nitrogens with one attached hydrogen (secondary N) is 1. The zero-order valence-electron chi connectivity index (χ0n) is 14.6. The summed E-state index contributed by atoms with van der Waals surface area (Å²) in [5.74, 6) is 0.0250. The zero-order valence-corrected chi connectivity index (χ0v) is 15.3. The standard InChI is InChI=1S/C19H21ClN4O/c1-23(2)8-9-24(3)19(25)14-6-4-13(5-7-14)17-12-22-18-16(17)10-15(20)11-21-18/h4-7,10-12H,8-9H2,1-3H3,(H,21,22). The maximum atomic E-state index is 12.5. The minimum Gasteiger partial charge on any atom is -0.346 e. The van der Waals surface area contributed by atoms with E-state index in [0.29, 0.717) is 17.1 Å². The number of hydrogen-bond acceptors (Lipinski definition) is 3. The molecule has 0 aliphatic rings. The molecule has 0 unspecified atom stereocenters. The third kappa shape index (κ3) is 3.83. The number of benzene rings is 1. The molecule has 1 N–H and O–H groups in total. The number of aromatic nitrogens is 2. The number of fused-ring (bicyclic) bond motifs is 1.